The molecule has 0 saturated carbocycles. The number of benzene rings is 2. The molecule has 0 fully saturated rings. The zero-order chi connectivity index (χ0) is 16.2. The lowest BCUT2D eigenvalue weighted by Crippen LogP contribution is -2.04. The van der Waals surface area contributed by atoms with Crippen LogP contribution < -0.4 is 0 Å². The first-order valence-corrected chi connectivity index (χ1v) is 6.21. The third-order valence-corrected chi connectivity index (χ3v) is 3.24. The molecule has 0 atom stereocenters. The molecule has 0 bridgehead atoms. The molecule has 2 aromatic carbocycles. The molecule has 0 N–H and O–H groups in total. The van der Waals surface area contributed by atoms with Gasteiger partial charge >= 0.3 is 0 Å². The van der Waals surface area contributed by atoms with E-state index in [-0.39, 0.29) is 11.1 Å². The van der Waals surface area contributed by atoms with E-state index in [0.29, 0.717) is 5.56 Å². The summed E-state index contributed by atoms with van der Waals surface area (Å²) in [5.74, 6) is -10.9. The minimum absolute atomic E-state index is 0.226. The van der Waals surface area contributed by atoms with Crippen LogP contribution >= 0.6 is 0 Å². The fraction of sp³-hybridized carbons (Fsp3) is 0.133. The second-order valence-corrected chi connectivity index (χ2v) is 4.89. The molecule has 0 saturated heterocycles. The number of nitrogens with zero attached hydrogens (tertiary/aromatic N) is 1. The lowest BCUT2D eigenvalue weighted by molar-refractivity contribution is 0.379. The molecule has 114 valence electrons. The van der Waals surface area contributed by atoms with Crippen molar-refractivity contribution in [2.24, 2.45) is 0 Å². The fourth-order valence-corrected chi connectivity index (χ4v) is 2.28. The maximum Gasteiger partial charge on any atom is 0.233 e. The predicted octanol–water partition coefficient (Wildman–Crippen LogP) is 4.81. The van der Waals surface area contributed by atoms with Crippen LogP contribution in [0.2, 0.25) is 0 Å². The van der Waals surface area contributed by atoms with Crippen LogP contribution in [-0.4, -0.2) is 4.98 Å². The Kier molecular flexibility index (Phi) is 3.16. The summed E-state index contributed by atoms with van der Waals surface area (Å²) < 4.78 is 72.3. The van der Waals surface area contributed by atoms with Crippen LogP contribution in [0.1, 0.15) is 11.1 Å². The first kappa shape index (κ1) is 14.5. The van der Waals surface area contributed by atoms with Crippen molar-refractivity contribution < 1.29 is 26.4 Å². The number of aromatic nitrogens is 1. The van der Waals surface area contributed by atoms with Crippen molar-refractivity contribution in [3.63, 3.8) is 0 Å². The number of hydrogen-bond donors (Lipinski definition) is 0. The molecule has 0 amide bonds. The third kappa shape index (κ3) is 1.96. The van der Waals surface area contributed by atoms with Crippen molar-refractivity contribution >= 4 is 11.1 Å². The Balaban J connectivity index is 2.35. The van der Waals surface area contributed by atoms with E-state index in [1.54, 1.807) is 26.0 Å². The van der Waals surface area contributed by atoms with E-state index < -0.39 is 40.5 Å². The summed E-state index contributed by atoms with van der Waals surface area (Å²) in [6.07, 6.45) is 0. The molecule has 0 radical (unpaired) electrons. The van der Waals surface area contributed by atoms with Gasteiger partial charge in [-0.25, -0.2) is 26.9 Å². The molecule has 1 aromatic heterocycles. The van der Waals surface area contributed by atoms with Crippen LogP contribution in [0.4, 0.5) is 22.0 Å². The van der Waals surface area contributed by atoms with Crippen LogP contribution in [0.25, 0.3) is 22.6 Å². The number of oxazole rings is 1. The van der Waals surface area contributed by atoms with Crippen LogP contribution in [0, 0.1) is 42.9 Å². The van der Waals surface area contributed by atoms with Gasteiger partial charge in [-0.1, -0.05) is 6.07 Å². The first-order valence-electron chi connectivity index (χ1n) is 6.21. The highest BCUT2D eigenvalue weighted by Crippen LogP contribution is 2.33. The molecule has 0 unspecified atom stereocenters. The average molecular weight is 313 g/mol. The molecule has 22 heavy (non-hydrogen) atoms. The van der Waals surface area contributed by atoms with Gasteiger partial charge in [0.05, 0.1) is 0 Å². The Morgan fingerprint density at radius 3 is 1.95 bits per heavy atom. The SMILES string of the molecule is Cc1cc(C)c2oc(-c3c(F)c(F)c(F)c(F)c3F)nc2c1. The molecule has 3 aromatic rings. The number of fused-ring (bicyclic) bond motifs is 1. The van der Waals surface area contributed by atoms with Crippen molar-refractivity contribution in [2.75, 3.05) is 0 Å². The topological polar surface area (TPSA) is 26.0 Å². The predicted molar refractivity (Wildman–Crippen MR) is 68.7 cm³/mol. The molecular weight excluding hydrogens is 305 g/mol. The molecule has 0 aliphatic rings. The molecule has 7 heteroatoms. The van der Waals surface area contributed by atoms with Crippen molar-refractivity contribution in [3.8, 4) is 11.5 Å². The molecule has 3 rings (SSSR count). The van der Waals surface area contributed by atoms with E-state index in [0.717, 1.165) is 5.56 Å². The number of halogens is 5. The van der Waals surface area contributed by atoms with Gasteiger partial charge in [-0.05, 0) is 31.0 Å². The number of aryl methyl sites for hydroxylation is 2. The highest BCUT2D eigenvalue weighted by atomic mass is 19.2. The van der Waals surface area contributed by atoms with Crippen molar-refractivity contribution in [1.29, 1.82) is 0 Å². The second-order valence-electron chi connectivity index (χ2n) is 4.89. The zero-order valence-electron chi connectivity index (χ0n) is 11.4. The van der Waals surface area contributed by atoms with Crippen LogP contribution in [0.3, 0.4) is 0 Å². The zero-order valence-corrected chi connectivity index (χ0v) is 11.4. The monoisotopic (exact) mass is 313 g/mol. The molecular formula is C15H8F5NO. The summed E-state index contributed by atoms with van der Waals surface area (Å²) in [5.41, 5.74) is 0.783. The summed E-state index contributed by atoms with van der Waals surface area (Å²) in [4.78, 5) is 3.84. The van der Waals surface area contributed by atoms with Crippen molar-refractivity contribution in [1.82, 2.24) is 4.98 Å². The largest absolute Gasteiger partial charge is 0.436 e. The van der Waals surface area contributed by atoms with Gasteiger partial charge in [0.25, 0.3) is 0 Å². The lowest BCUT2D eigenvalue weighted by atomic mass is 10.1. The van der Waals surface area contributed by atoms with Gasteiger partial charge in [0.1, 0.15) is 11.1 Å². The Morgan fingerprint density at radius 1 is 0.818 bits per heavy atom. The van der Waals surface area contributed by atoms with Crippen molar-refractivity contribution in [2.45, 2.75) is 13.8 Å². The molecule has 2 nitrogen and oxygen atoms in total. The molecule has 0 aliphatic carbocycles. The summed E-state index contributed by atoms with van der Waals surface area (Å²) in [6, 6.07) is 3.33. The van der Waals surface area contributed by atoms with Crippen LogP contribution in [0.15, 0.2) is 16.5 Å². The van der Waals surface area contributed by atoms with Gasteiger partial charge in [0, 0.05) is 0 Å². The summed E-state index contributed by atoms with van der Waals surface area (Å²) in [5, 5.41) is 0. The minimum Gasteiger partial charge on any atom is -0.436 e. The van der Waals surface area contributed by atoms with Gasteiger partial charge < -0.3 is 4.42 Å². The quantitative estimate of drug-likeness (QED) is 0.366. The summed E-state index contributed by atoms with van der Waals surface area (Å²) in [6.45, 7) is 3.46. The number of rotatable bonds is 1. The average Bonchev–Trinajstić information content (AvgIpc) is 2.87. The molecule has 1 heterocycles. The van der Waals surface area contributed by atoms with E-state index in [1.807, 2.05) is 0 Å². The van der Waals surface area contributed by atoms with E-state index in [4.69, 9.17) is 4.42 Å². The summed E-state index contributed by atoms with van der Waals surface area (Å²) >= 11 is 0. The Hall–Kier alpha value is -2.44. The summed E-state index contributed by atoms with van der Waals surface area (Å²) in [7, 11) is 0. The fourth-order valence-electron chi connectivity index (χ4n) is 2.28. The van der Waals surface area contributed by atoms with E-state index in [1.165, 1.54) is 0 Å². The van der Waals surface area contributed by atoms with Gasteiger partial charge in [-0.15, -0.1) is 0 Å². The van der Waals surface area contributed by atoms with E-state index >= 15 is 0 Å². The van der Waals surface area contributed by atoms with Crippen molar-refractivity contribution in [3.05, 3.63) is 52.3 Å². The Labute approximate surface area is 121 Å². The smallest absolute Gasteiger partial charge is 0.233 e. The highest BCUT2D eigenvalue weighted by Gasteiger charge is 2.29. The van der Waals surface area contributed by atoms with Gasteiger partial charge in [0.15, 0.2) is 28.9 Å². The minimum atomic E-state index is -2.22. The maximum atomic E-state index is 13.8. The van der Waals surface area contributed by atoms with E-state index in [9.17, 15) is 22.0 Å². The number of hydrogen-bond acceptors (Lipinski definition) is 2. The van der Waals surface area contributed by atoms with Gasteiger partial charge in [-0.3, -0.25) is 0 Å². The molecule has 0 aliphatic heterocycles. The Bertz CT molecular complexity index is 887. The van der Waals surface area contributed by atoms with E-state index in [2.05, 4.69) is 4.98 Å². The third-order valence-electron chi connectivity index (χ3n) is 3.24. The highest BCUT2D eigenvalue weighted by molar-refractivity contribution is 5.80. The Morgan fingerprint density at radius 2 is 1.36 bits per heavy atom. The van der Waals surface area contributed by atoms with Gasteiger partial charge in [0.2, 0.25) is 11.7 Å². The normalized spacial score (nSPS) is 11.4. The maximum absolute atomic E-state index is 13.8. The van der Waals surface area contributed by atoms with Crippen LogP contribution in [0.5, 0.6) is 0 Å². The molecule has 0 spiro atoms. The van der Waals surface area contributed by atoms with Crippen LogP contribution in [-0.2, 0) is 0 Å². The lowest BCUT2D eigenvalue weighted by Gasteiger charge is -2.04. The van der Waals surface area contributed by atoms with Gasteiger partial charge in [-0.2, -0.15) is 0 Å². The second kappa shape index (κ2) is 4.79. The first-order chi connectivity index (χ1) is 10.3. The standard InChI is InChI=1S/C15H8F5NO/c1-5-3-6(2)14-7(4-5)21-15(22-14)8-9(16)11(18)13(20)12(19)10(8)17/h3-4H,1-2H3.